The Labute approximate surface area is 96.3 Å². The molecule has 0 aromatic heterocycles. The van der Waals surface area contributed by atoms with E-state index in [0.29, 0.717) is 5.71 Å². The third-order valence-electron chi connectivity index (χ3n) is 1.85. The van der Waals surface area contributed by atoms with E-state index in [1.165, 1.54) is 5.56 Å². The molecule has 1 rings (SSSR count). The fourth-order valence-corrected chi connectivity index (χ4v) is 1.19. The summed E-state index contributed by atoms with van der Waals surface area (Å²) in [5.41, 5.74) is 3.80. The summed E-state index contributed by atoms with van der Waals surface area (Å²) in [6.07, 6.45) is 0. The summed E-state index contributed by atoms with van der Waals surface area (Å²) in [7, 11) is 1.87. The monoisotopic (exact) mass is 290 g/mol. The van der Waals surface area contributed by atoms with Crippen LogP contribution in [0.1, 0.15) is 18.1 Å². The van der Waals surface area contributed by atoms with Crippen LogP contribution in [0.25, 0.3) is 0 Å². The van der Waals surface area contributed by atoms with Crippen LogP contribution in [0.3, 0.4) is 0 Å². The maximum atomic E-state index is 7.54. The second kappa shape index (κ2) is 5.21. The molecule has 0 atom stereocenters. The van der Waals surface area contributed by atoms with Crippen LogP contribution in [0.5, 0.6) is 0 Å². The quantitative estimate of drug-likeness (QED) is 0.637. The molecule has 0 saturated carbocycles. The van der Waals surface area contributed by atoms with Crippen LogP contribution in [0.2, 0.25) is 0 Å². The van der Waals surface area contributed by atoms with Crippen LogP contribution < -0.4 is 5.32 Å². The van der Waals surface area contributed by atoms with Gasteiger partial charge in [0.2, 0.25) is 0 Å². The minimum Gasteiger partial charge on any atom is -0.388 e. The van der Waals surface area contributed by atoms with E-state index in [0.717, 1.165) is 11.3 Å². The van der Waals surface area contributed by atoms with Gasteiger partial charge in [0, 0.05) is 24.0 Å². The maximum Gasteiger partial charge on any atom is 0.0429 e. The highest BCUT2D eigenvalue weighted by molar-refractivity contribution is 14.0. The highest BCUT2D eigenvalue weighted by Gasteiger charge is 2.01. The molecule has 0 aliphatic rings. The van der Waals surface area contributed by atoms with E-state index in [1.54, 1.807) is 6.92 Å². The molecule has 0 aliphatic heterocycles. The number of hydrogen-bond donors (Lipinski definition) is 2. The van der Waals surface area contributed by atoms with Gasteiger partial charge in [-0.25, -0.2) is 0 Å². The molecular formula is C10H15IN2. The van der Waals surface area contributed by atoms with Crippen molar-refractivity contribution in [3.05, 3.63) is 29.3 Å². The molecule has 0 fully saturated rings. The summed E-state index contributed by atoms with van der Waals surface area (Å²) >= 11 is 0. The molecule has 0 unspecified atom stereocenters. The van der Waals surface area contributed by atoms with Crippen molar-refractivity contribution in [3.8, 4) is 0 Å². The Kier molecular flexibility index (Phi) is 4.98. The van der Waals surface area contributed by atoms with Crippen molar-refractivity contribution < 1.29 is 0 Å². The molecule has 0 heterocycles. The first-order valence-corrected chi connectivity index (χ1v) is 3.99. The predicted molar refractivity (Wildman–Crippen MR) is 68.6 cm³/mol. The van der Waals surface area contributed by atoms with Crippen molar-refractivity contribution in [1.82, 2.24) is 0 Å². The van der Waals surface area contributed by atoms with E-state index in [-0.39, 0.29) is 24.0 Å². The Balaban J connectivity index is 0.00000144. The van der Waals surface area contributed by atoms with Crippen LogP contribution in [-0.2, 0) is 0 Å². The number of aryl methyl sites for hydroxylation is 1. The van der Waals surface area contributed by atoms with Gasteiger partial charge >= 0.3 is 0 Å². The zero-order chi connectivity index (χ0) is 9.14. The molecule has 72 valence electrons. The first-order chi connectivity index (χ1) is 5.65. The van der Waals surface area contributed by atoms with Crippen LogP contribution in [0.4, 0.5) is 5.69 Å². The molecule has 1 aromatic carbocycles. The molecule has 13 heavy (non-hydrogen) atoms. The molecule has 0 spiro atoms. The molecule has 0 radical (unpaired) electrons. The predicted octanol–water partition coefficient (Wildman–Crippen LogP) is 3.04. The van der Waals surface area contributed by atoms with Gasteiger partial charge in [-0.2, -0.15) is 0 Å². The normalized spacial score (nSPS) is 8.85. The fourth-order valence-electron chi connectivity index (χ4n) is 1.19. The largest absolute Gasteiger partial charge is 0.388 e. The molecular weight excluding hydrogens is 275 g/mol. The lowest BCUT2D eigenvalue weighted by Crippen LogP contribution is -2.00. The number of anilines is 1. The number of rotatable bonds is 2. The lowest BCUT2D eigenvalue weighted by molar-refractivity contribution is 1.38. The van der Waals surface area contributed by atoms with Crippen molar-refractivity contribution in [2.75, 3.05) is 12.4 Å². The van der Waals surface area contributed by atoms with Crippen molar-refractivity contribution in [2.45, 2.75) is 13.8 Å². The Hall–Kier alpha value is -0.580. The summed E-state index contributed by atoms with van der Waals surface area (Å²) in [4.78, 5) is 0. The van der Waals surface area contributed by atoms with Crippen LogP contribution >= 0.6 is 24.0 Å². The highest BCUT2D eigenvalue weighted by atomic mass is 127. The number of hydrogen-bond acceptors (Lipinski definition) is 2. The van der Waals surface area contributed by atoms with Crippen LogP contribution in [-0.4, -0.2) is 12.8 Å². The zero-order valence-corrected chi connectivity index (χ0v) is 10.5. The molecule has 0 amide bonds. The first kappa shape index (κ1) is 12.4. The van der Waals surface area contributed by atoms with Gasteiger partial charge in [0.05, 0.1) is 0 Å². The summed E-state index contributed by atoms with van der Waals surface area (Å²) in [5.74, 6) is 0. The minimum absolute atomic E-state index is 0. The molecule has 0 bridgehead atoms. The Morgan fingerprint density at radius 3 is 2.46 bits per heavy atom. The van der Waals surface area contributed by atoms with E-state index < -0.39 is 0 Å². The van der Waals surface area contributed by atoms with Crippen molar-refractivity contribution in [2.24, 2.45) is 0 Å². The van der Waals surface area contributed by atoms with E-state index in [4.69, 9.17) is 5.41 Å². The summed E-state index contributed by atoms with van der Waals surface area (Å²) in [5, 5.41) is 10.6. The van der Waals surface area contributed by atoms with Crippen molar-refractivity contribution in [3.63, 3.8) is 0 Å². The molecule has 3 heteroatoms. The molecule has 0 aliphatic carbocycles. The third-order valence-corrected chi connectivity index (χ3v) is 1.85. The van der Waals surface area contributed by atoms with Gasteiger partial charge in [0.25, 0.3) is 0 Å². The SMILES string of the molecule is CNc1ccc(C)cc1C(C)=N.I. The number of benzene rings is 1. The average molecular weight is 290 g/mol. The lowest BCUT2D eigenvalue weighted by atomic mass is 10.1. The maximum absolute atomic E-state index is 7.54. The van der Waals surface area contributed by atoms with E-state index in [9.17, 15) is 0 Å². The average Bonchev–Trinajstić information content (AvgIpc) is 2.04. The Morgan fingerprint density at radius 1 is 1.38 bits per heavy atom. The Morgan fingerprint density at radius 2 is 2.00 bits per heavy atom. The summed E-state index contributed by atoms with van der Waals surface area (Å²) in [6.45, 7) is 3.83. The smallest absolute Gasteiger partial charge is 0.0429 e. The van der Waals surface area contributed by atoms with Crippen LogP contribution in [0.15, 0.2) is 18.2 Å². The van der Waals surface area contributed by atoms with Gasteiger partial charge in [-0.05, 0) is 26.0 Å². The topological polar surface area (TPSA) is 35.9 Å². The van der Waals surface area contributed by atoms with E-state index in [1.807, 2.05) is 32.2 Å². The fraction of sp³-hybridized carbons (Fsp3) is 0.300. The minimum atomic E-state index is 0. The standard InChI is InChI=1S/C10H14N2.HI/c1-7-4-5-10(12-3)9(6-7)8(2)11;/h4-6,11-12H,1-3H3;1H. The molecule has 2 nitrogen and oxygen atoms in total. The first-order valence-electron chi connectivity index (χ1n) is 3.99. The Bertz CT molecular complexity index is 308. The molecule has 0 saturated heterocycles. The molecule has 2 N–H and O–H groups in total. The van der Waals surface area contributed by atoms with Crippen molar-refractivity contribution >= 4 is 35.4 Å². The number of nitrogens with one attached hydrogen (secondary N) is 2. The second-order valence-electron chi connectivity index (χ2n) is 2.92. The van der Waals surface area contributed by atoms with Gasteiger partial charge in [-0.3, -0.25) is 0 Å². The van der Waals surface area contributed by atoms with E-state index >= 15 is 0 Å². The van der Waals surface area contributed by atoms with Gasteiger partial charge in [0.15, 0.2) is 0 Å². The lowest BCUT2D eigenvalue weighted by Gasteiger charge is -2.08. The van der Waals surface area contributed by atoms with E-state index in [2.05, 4.69) is 5.32 Å². The molecule has 1 aromatic rings. The number of halogens is 1. The van der Waals surface area contributed by atoms with Crippen molar-refractivity contribution in [1.29, 1.82) is 5.41 Å². The van der Waals surface area contributed by atoms with Gasteiger partial charge in [0.1, 0.15) is 0 Å². The van der Waals surface area contributed by atoms with Gasteiger partial charge < -0.3 is 10.7 Å². The third kappa shape index (κ3) is 2.99. The van der Waals surface area contributed by atoms with Crippen LogP contribution in [0, 0.1) is 12.3 Å². The highest BCUT2D eigenvalue weighted by Crippen LogP contribution is 2.16. The van der Waals surface area contributed by atoms with Gasteiger partial charge in [-0.15, -0.1) is 24.0 Å². The zero-order valence-electron chi connectivity index (χ0n) is 8.14. The summed E-state index contributed by atoms with van der Waals surface area (Å²) < 4.78 is 0. The second-order valence-corrected chi connectivity index (χ2v) is 2.92. The summed E-state index contributed by atoms with van der Waals surface area (Å²) in [6, 6.07) is 6.06. The van der Waals surface area contributed by atoms with Gasteiger partial charge in [-0.1, -0.05) is 11.6 Å².